The second-order valence-corrected chi connectivity index (χ2v) is 5.20. The molecule has 100 valence electrons. The summed E-state index contributed by atoms with van der Waals surface area (Å²) in [5.74, 6) is 0.638. The summed E-state index contributed by atoms with van der Waals surface area (Å²) in [6.07, 6.45) is 2.58. The van der Waals surface area contributed by atoms with Crippen molar-refractivity contribution in [3.8, 4) is 11.4 Å². The van der Waals surface area contributed by atoms with Gasteiger partial charge < -0.3 is 0 Å². The molecule has 0 radical (unpaired) electrons. The summed E-state index contributed by atoms with van der Waals surface area (Å²) < 4.78 is 1.03. The van der Waals surface area contributed by atoms with E-state index in [1.807, 2.05) is 42.5 Å². The van der Waals surface area contributed by atoms with E-state index in [-0.39, 0.29) is 0 Å². The van der Waals surface area contributed by atoms with E-state index in [0.29, 0.717) is 12.4 Å². The van der Waals surface area contributed by atoms with Crippen LogP contribution in [-0.2, 0) is 13.0 Å². The standard InChI is InChI=1S/C14H12BrN5/c15-12-6-4-11(5-7-12)14-17-19-20(18-14)10-8-13-3-1-2-9-16-13/h1-7,9H,8,10H2. The fourth-order valence-corrected chi connectivity index (χ4v) is 2.08. The van der Waals surface area contributed by atoms with E-state index in [2.05, 4.69) is 36.3 Å². The van der Waals surface area contributed by atoms with E-state index in [0.717, 1.165) is 22.2 Å². The van der Waals surface area contributed by atoms with E-state index in [1.54, 1.807) is 11.0 Å². The monoisotopic (exact) mass is 329 g/mol. The van der Waals surface area contributed by atoms with Crippen molar-refractivity contribution < 1.29 is 0 Å². The fraction of sp³-hybridized carbons (Fsp3) is 0.143. The Morgan fingerprint density at radius 1 is 1.05 bits per heavy atom. The van der Waals surface area contributed by atoms with Gasteiger partial charge in [0.15, 0.2) is 0 Å². The van der Waals surface area contributed by atoms with Crippen LogP contribution in [0.1, 0.15) is 5.69 Å². The Bertz CT molecular complexity index is 678. The van der Waals surface area contributed by atoms with Crippen LogP contribution in [-0.4, -0.2) is 25.2 Å². The summed E-state index contributed by atoms with van der Waals surface area (Å²) in [6, 6.07) is 13.7. The van der Waals surface area contributed by atoms with E-state index < -0.39 is 0 Å². The minimum absolute atomic E-state index is 0.638. The second-order valence-electron chi connectivity index (χ2n) is 4.29. The molecule has 5 nitrogen and oxygen atoms in total. The van der Waals surface area contributed by atoms with Crippen LogP contribution < -0.4 is 0 Å². The highest BCUT2D eigenvalue weighted by Crippen LogP contribution is 2.17. The summed E-state index contributed by atoms with van der Waals surface area (Å²) >= 11 is 3.41. The molecule has 3 rings (SSSR count). The van der Waals surface area contributed by atoms with Crippen molar-refractivity contribution >= 4 is 15.9 Å². The quantitative estimate of drug-likeness (QED) is 0.738. The lowest BCUT2D eigenvalue weighted by molar-refractivity contribution is 0.519. The normalized spacial score (nSPS) is 10.7. The number of aromatic nitrogens is 5. The predicted molar refractivity (Wildman–Crippen MR) is 78.9 cm³/mol. The first-order chi connectivity index (χ1) is 9.81. The minimum atomic E-state index is 0.638. The van der Waals surface area contributed by atoms with E-state index in [1.165, 1.54) is 0 Å². The molecule has 1 aromatic carbocycles. The summed E-state index contributed by atoms with van der Waals surface area (Å²) in [5, 5.41) is 12.5. The van der Waals surface area contributed by atoms with E-state index in [9.17, 15) is 0 Å². The Morgan fingerprint density at radius 2 is 1.90 bits per heavy atom. The number of benzene rings is 1. The molecule has 6 heteroatoms. The van der Waals surface area contributed by atoms with E-state index in [4.69, 9.17) is 0 Å². The van der Waals surface area contributed by atoms with Crippen molar-refractivity contribution in [1.29, 1.82) is 0 Å². The molecule has 0 fully saturated rings. The summed E-state index contributed by atoms with van der Waals surface area (Å²) in [7, 11) is 0. The average Bonchev–Trinajstić information content (AvgIpc) is 2.96. The third-order valence-electron chi connectivity index (χ3n) is 2.85. The molecule has 0 unspecified atom stereocenters. The smallest absolute Gasteiger partial charge is 0.204 e. The van der Waals surface area contributed by atoms with Crippen molar-refractivity contribution in [2.45, 2.75) is 13.0 Å². The zero-order valence-corrected chi connectivity index (χ0v) is 12.2. The lowest BCUT2D eigenvalue weighted by atomic mass is 10.2. The average molecular weight is 330 g/mol. The van der Waals surface area contributed by atoms with Gasteiger partial charge in [0.25, 0.3) is 0 Å². The molecule has 2 aromatic heterocycles. The predicted octanol–water partition coefficient (Wildman–Crippen LogP) is 2.74. The zero-order valence-electron chi connectivity index (χ0n) is 10.6. The van der Waals surface area contributed by atoms with Crippen LogP contribution in [0, 0.1) is 0 Å². The van der Waals surface area contributed by atoms with Gasteiger partial charge in [0.1, 0.15) is 0 Å². The number of rotatable bonds is 4. The number of hydrogen-bond donors (Lipinski definition) is 0. The zero-order chi connectivity index (χ0) is 13.8. The van der Waals surface area contributed by atoms with Gasteiger partial charge in [-0.25, -0.2) is 0 Å². The first-order valence-corrected chi connectivity index (χ1v) is 7.04. The van der Waals surface area contributed by atoms with Gasteiger partial charge in [-0.2, -0.15) is 4.80 Å². The number of tetrazole rings is 1. The maximum absolute atomic E-state index is 4.38. The van der Waals surface area contributed by atoms with Crippen molar-refractivity contribution in [3.05, 3.63) is 58.8 Å². The number of hydrogen-bond acceptors (Lipinski definition) is 4. The Labute approximate surface area is 124 Å². The molecule has 20 heavy (non-hydrogen) atoms. The van der Waals surface area contributed by atoms with Gasteiger partial charge in [0.2, 0.25) is 5.82 Å². The van der Waals surface area contributed by atoms with E-state index >= 15 is 0 Å². The SMILES string of the molecule is Brc1ccc(-c2nnn(CCc3ccccn3)n2)cc1. The third kappa shape index (κ3) is 3.08. The van der Waals surface area contributed by atoms with Gasteiger partial charge in [-0.05, 0) is 41.6 Å². The van der Waals surface area contributed by atoms with Crippen LogP contribution in [0.4, 0.5) is 0 Å². The van der Waals surface area contributed by atoms with Crippen LogP contribution in [0.25, 0.3) is 11.4 Å². The molecular weight excluding hydrogens is 318 g/mol. The Hall–Kier alpha value is -2.08. The summed E-state index contributed by atoms with van der Waals surface area (Å²) in [5.41, 5.74) is 1.98. The van der Waals surface area contributed by atoms with Crippen LogP contribution >= 0.6 is 15.9 Å². The highest BCUT2D eigenvalue weighted by atomic mass is 79.9. The lowest BCUT2D eigenvalue weighted by Crippen LogP contribution is -2.06. The van der Waals surface area contributed by atoms with Crippen LogP contribution in [0.15, 0.2) is 53.1 Å². The van der Waals surface area contributed by atoms with Crippen molar-refractivity contribution in [1.82, 2.24) is 25.2 Å². The molecule has 0 aliphatic carbocycles. The summed E-state index contributed by atoms with van der Waals surface area (Å²) in [6.45, 7) is 0.667. The topological polar surface area (TPSA) is 56.5 Å². The maximum Gasteiger partial charge on any atom is 0.204 e. The molecule has 0 spiro atoms. The Morgan fingerprint density at radius 3 is 2.65 bits per heavy atom. The maximum atomic E-state index is 4.38. The number of aryl methyl sites for hydroxylation is 2. The molecule has 0 amide bonds. The Balaban J connectivity index is 1.69. The molecule has 0 bridgehead atoms. The molecule has 0 saturated heterocycles. The summed E-state index contributed by atoms with van der Waals surface area (Å²) in [4.78, 5) is 5.88. The first-order valence-electron chi connectivity index (χ1n) is 6.25. The molecular formula is C14H12BrN5. The van der Waals surface area contributed by atoms with Gasteiger partial charge >= 0.3 is 0 Å². The molecule has 0 saturated carbocycles. The highest BCUT2D eigenvalue weighted by molar-refractivity contribution is 9.10. The van der Waals surface area contributed by atoms with Gasteiger partial charge in [-0.15, -0.1) is 10.2 Å². The van der Waals surface area contributed by atoms with Crippen LogP contribution in [0.5, 0.6) is 0 Å². The van der Waals surface area contributed by atoms with Crippen molar-refractivity contribution in [2.24, 2.45) is 0 Å². The molecule has 0 aliphatic rings. The fourth-order valence-electron chi connectivity index (χ4n) is 1.81. The van der Waals surface area contributed by atoms with Gasteiger partial charge in [-0.1, -0.05) is 22.0 Å². The van der Waals surface area contributed by atoms with Crippen molar-refractivity contribution in [3.63, 3.8) is 0 Å². The molecule has 0 aliphatic heterocycles. The Kier molecular flexibility index (Phi) is 3.83. The van der Waals surface area contributed by atoms with Crippen LogP contribution in [0.3, 0.4) is 0 Å². The molecule has 0 atom stereocenters. The van der Waals surface area contributed by atoms with Gasteiger partial charge in [-0.3, -0.25) is 4.98 Å². The first kappa shape index (κ1) is 12.9. The minimum Gasteiger partial charge on any atom is -0.261 e. The highest BCUT2D eigenvalue weighted by Gasteiger charge is 2.05. The van der Waals surface area contributed by atoms with Crippen molar-refractivity contribution in [2.75, 3.05) is 0 Å². The lowest BCUT2D eigenvalue weighted by Gasteiger charge is -1.98. The number of nitrogens with zero attached hydrogens (tertiary/aromatic N) is 5. The largest absolute Gasteiger partial charge is 0.261 e. The third-order valence-corrected chi connectivity index (χ3v) is 3.38. The molecule has 3 aromatic rings. The van der Waals surface area contributed by atoms with Gasteiger partial charge in [0.05, 0.1) is 6.54 Å². The number of pyridine rings is 1. The van der Waals surface area contributed by atoms with Gasteiger partial charge in [0, 0.05) is 28.3 Å². The second kappa shape index (κ2) is 5.92. The number of halogens is 1. The van der Waals surface area contributed by atoms with Crippen LogP contribution in [0.2, 0.25) is 0 Å². The molecule has 2 heterocycles. The molecule has 0 N–H and O–H groups in total.